The summed E-state index contributed by atoms with van der Waals surface area (Å²) in [4.78, 5) is 4.05. The lowest BCUT2D eigenvalue weighted by Gasteiger charge is -2.37. The Morgan fingerprint density at radius 1 is 0.889 bits per heavy atom. The van der Waals surface area contributed by atoms with Crippen LogP contribution in [0.4, 0.5) is 5.69 Å². The van der Waals surface area contributed by atoms with Gasteiger partial charge >= 0.3 is 0 Å². The van der Waals surface area contributed by atoms with Crippen molar-refractivity contribution in [2.24, 2.45) is 4.99 Å². The summed E-state index contributed by atoms with van der Waals surface area (Å²) in [5.41, 5.74) is 3.37. The molecule has 5 nitrogen and oxygen atoms in total. The Morgan fingerprint density at radius 2 is 1.52 bits per heavy atom. The summed E-state index contributed by atoms with van der Waals surface area (Å²) in [6.45, 7) is 0.386. The molecule has 0 aliphatic carbocycles. The molecule has 2 aliphatic rings. The highest BCUT2D eigenvalue weighted by Gasteiger charge is 2.49. The molecule has 132 valence electrons. The minimum absolute atomic E-state index is 0.0939. The fourth-order valence-electron chi connectivity index (χ4n) is 3.91. The molecular weight excluding hydrogens is 362 g/mol. The summed E-state index contributed by atoms with van der Waals surface area (Å²) in [5, 5.41) is 22.2. The van der Waals surface area contributed by atoms with Gasteiger partial charge in [-0.3, -0.25) is 0 Å². The number of isothiocyanates is 1. The van der Waals surface area contributed by atoms with E-state index in [2.05, 4.69) is 10.2 Å². The molecule has 1 spiro atoms. The van der Waals surface area contributed by atoms with Gasteiger partial charge in [0.2, 0.25) is 0 Å². The van der Waals surface area contributed by atoms with Crippen molar-refractivity contribution in [3.8, 4) is 23.0 Å². The molecule has 0 radical (unpaired) electrons. The van der Waals surface area contributed by atoms with Gasteiger partial charge in [-0.05, 0) is 59.7 Å². The van der Waals surface area contributed by atoms with Gasteiger partial charge in [0.25, 0.3) is 0 Å². The number of aliphatic imine (C=N–C) groups is 1. The Labute approximate surface area is 160 Å². The molecule has 0 saturated heterocycles. The quantitative estimate of drug-likeness (QED) is 0.474. The predicted octanol–water partition coefficient (Wildman–Crippen LogP) is 4.76. The average molecular weight is 375 g/mol. The molecular formula is C21H13NO4S. The van der Waals surface area contributed by atoms with Crippen LogP contribution in [0, 0.1) is 0 Å². The molecule has 2 N–H and O–H groups in total. The molecule has 0 unspecified atom stereocenters. The van der Waals surface area contributed by atoms with Crippen molar-refractivity contribution in [1.82, 2.24) is 0 Å². The van der Waals surface area contributed by atoms with Gasteiger partial charge in [-0.2, -0.15) is 4.99 Å². The van der Waals surface area contributed by atoms with Crippen LogP contribution in [-0.2, 0) is 16.9 Å². The first-order chi connectivity index (χ1) is 13.1. The minimum Gasteiger partial charge on any atom is -0.508 e. The summed E-state index contributed by atoms with van der Waals surface area (Å²) < 4.78 is 12.3. The maximum Gasteiger partial charge on any atom is 0.151 e. The largest absolute Gasteiger partial charge is 0.508 e. The zero-order chi connectivity index (χ0) is 18.6. The molecule has 27 heavy (non-hydrogen) atoms. The topological polar surface area (TPSA) is 71.3 Å². The van der Waals surface area contributed by atoms with Crippen molar-refractivity contribution in [1.29, 1.82) is 0 Å². The van der Waals surface area contributed by atoms with Crippen molar-refractivity contribution in [3.05, 3.63) is 76.9 Å². The van der Waals surface area contributed by atoms with E-state index < -0.39 is 5.60 Å². The summed E-state index contributed by atoms with van der Waals surface area (Å²) in [7, 11) is 0. The van der Waals surface area contributed by atoms with E-state index in [4.69, 9.17) is 21.7 Å². The number of fused-ring (bicyclic) bond motifs is 6. The summed E-state index contributed by atoms with van der Waals surface area (Å²) in [5.74, 6) is 1.16. The van der Waals surface area contributed by atoms with Crippen LogP contribution in [0.5, 0.6) is 23.0 Å². The molecule has 0 saturated carbocycles. The summed E-state index contributed by atoms with van der Waals surface area (Å²) in [6, 6.07) is 15.7. The molecule has 0 bridgehead atoms. The smallest absolute Gasteiger partial charge is 0.151 e. The minimum atomic E-state index is -0.889. The van der Waals surface area contributed by atoms with E-state index in [0.29, 0.717) is 23.8 Å². The first-order valence-electron chi connectivity index (χ1n) is 8.32. The second kappa shape index (κ2) is 5.66. The van der Waals surface area contributed by atoms with Gasteiger partial charge in [-0.15, -0.1) is 0 Å². The Morgan fingerprint density at radius 3 is 2.15 bits per heavy atom. The zero-order valence-corrected chi connectivity index (χ0v) is 14.8. The SMILES string of the molecule is Oc1ccc2c(c1)Oc1cc(O)ccc1C21OCc2cc(N=C=S)ccc21. The number of hydrogen-bond donors (Lipinski definition) is 2. The molecule has 3 aromatic rings. The number of thiocarbonyl (C=S) groups is 1. The molecule has 2 heterocycles. The Kier molecular flexibility index (Phi) is 3.36. The third kappa shape index (κ3) is 2.22. The third-order valence-electron chi connectivity index (χ3n) is 5.00. The second-order valence-corrected chi connectivity index (χ2v) is 6.66. The maximum absolute atomic E-state index is 9.91. The molecule has 0 atom stereocenters. The van der Waals surface area contributed by atoms with Crippen molar-refractivity contribution in [3.63, 3.8) is 0 Å². The summed E-state index contributed by atoms with van der Waals surface area (Å²) >= 11 is 4.70. The van der Waals surface area contributed by atoms with E-state index in [-0.39, 0.29) is 11.5 Å². The van der Waals surface area contributed by atoms with Gasteiger partial charge in [0.15, 0.2) is 5.60 Å². The van der Waals surface area contributed by atoms with Crippen LogP contribution in [-0.4, -0.2) is 15.4 Å². The van der Waals surface area contributed by atoms with E-state index in [0.717, 1.165) is 22.3 Å². The fourth-order valence-corrected chi connectivity index (χ4v) is 4.02. The number of nitrogens with zero attached hydrogens (tertiary/aromatic N) is 1. The lowest BCUT2D eigenvalue weighted by atomic mass is 9.77. The normalized spacial score (nSPS) is 15.3. The number of aromatic hydroxyl groups is 2. The zero-order valence-electron chi connectivity index (χ0n) is 14.0. The fraction of sp³-hybridized carbons (Fsp3) is 0.0952. The van der Waals surface area contributed by atoms with Crippen LogP contribution in [0.25, 0.3) is 0 Å². The van der Waals surface area contributed by atoms with Crippen LogP contribution >= 0.6 is 12.2 Å². The van der Waals surface area contributed by atoms with Crippen molar-refractivity contribution >= 4 is 23.1 Å². The third-order valence-corrected chi connectivity index (χ3v) is 5.09. The first-order valence-corrected chi connectivity index (χ1v) is 8.73. The molecule has 6 heteroatoms. The number of rotatable bonds is 1. The van der Waals surface area contributed by atoms with Gasteiger partial charge in [-0.1, -0.05) is 6.07 Å². The van der Waals surface area contributed by atoms with Crippen LogP contribution in [0.3, 0.4) is 0 Å². The van der Waals surface area contributed by atoms with Gasteiger partial charge in [0, 0.05) is 23.3 Å². The number of hydrogen-bond acceptors (Lipinski definition) is 6. The van der Waals surface area contributed by atoms with Crippen LogP contribution in [0.2, 0.25) is 0 Å². The Bertz CT molecular complexity index is 1100. The number of ether oxygens (including phenoxy) is 2. The highest BCUT2D eigenvalue weighted by Crippen LogP contribution is 2.57. The predicted molar refractivity (Wildman–Crippen MR) is 102 cm³/mol. The molecule has 0 fully saturated rings. The molecule has 0 aromatic heterocycles. The number of benzene rings is 3. The second-order valence-electron chi connectivity index (χ2n) is 6.48. The molecule has 0 amide bonds. The Balaban J connectivity index is 1.82. The first kappa shape index (κ1) is 16.0. The number of phenols is 2. The number of phenolic OH excluding ortho intramolecular Hbond substituents is 2. The van der Waals surface area contributed by atoms with E-state index in [1.807, 2.05) is 18.2 Å². The molecule has 2 aliphatic heterocycles. The van der Waals surface area contributed by atoms with E-state index in [1.165, 1.54) is 0 Å². The van der Waals surface area contributed by atoms with Gasteiger partial charge in [-0.25, -0.2) is 0 Å². The standard InChI is InChI=1S/C21H13NO4S/c23-14-2-5-17-19(8-14)26-20-9-15(24)3-6-18(20)21(17)16-4-1-13(22-11-27)7-12(16)10-25-21/h1-9,23-24H,10H2. The monoisotopic (exact) mass is 375 g/mol. The van der Waals surface area contributed by atoms with Crippen LogP contribution < -0.4 is 4.74 Å². The average Bonchev–Trinajstić information content (AvgIpc) is 3.01. The lowest BCUT2D eigenvalue weighted by Crippen LogP contribution is -2.32. The van der Waals surface area contributed by atoms with Crippen molar-refractivity contribution in [2.75, 3.05) is 0 Å². The Hall–Kier alpha value is -3.18. The van der Waals surface area contributed by atoms with Gasteiger partial charge in [0.1, 0.15) is 23.0 Å². The molecule has 5 rings (SSSR count). The van der Waals surface area contributed by atoms with E-state index in [1.54, 1.807) is 36.4 Å². The maximum atomic E-state index is 9.91. The highest BCUT2D eigenvalue weighted by molar-refractivity contribution is 7.78. The molecule has 3 aromatic carbocycles. The highest BCUT2D eigenvalue weighted by atomic mass is 32.1. The lowest BCUT2D eigenvalue weighted by molar-refractivity contribution is 0.0198. The van der Waals surface area contributed by atoms with Crippen LogP contribution in [0.15, 0.2) is 59.6 Å². The van der Waals surface area contributed by atoms with Crippen molar-refractivity contribution in [2.45, 2.75) is 12.2 Å². The van der Waals surface area contributed by atoms with Crippen molar-refractivity contribution < 1.29 is 19.7 Å². The van der Waals surface area contributed by atoms with E-state index in [9.17, 15) is 10.2 Å². The summed E-state index contributed by atoms with van der Waals surface area (Å²) in [6.07, 6.45) is 0. The van der Waals surface area contributed by atoms with Gasteiger partial charge in [0.05, 0.1) is 17.5 Å². The van der Waals surface area contributed by atoms with Crippen LogP contribution in [0.1, 0.15) is 22.3 Å². The van der Waals surface area contributed by atoms with Gasteiger partial charge < -0.3 is 19.7 Å². The van der Waals surface area contributed by atoms with E-state index >= 15 is 0 Å².